The van der Waals surface area contributed by atoms with Gasteiger partial charge in [0.25, 0.3) is 0 Å². The molecule has 3 aromatic rings. The van der Waals surface area contributed by atoms with Crippen LogP contribution in [0.1, 0.15) is 22.3 Å². The van der Waals surface area contributed by atoms with Crippen LogP contribution in [0.25, 0.3) is 11.3 Å². The Labute approximate surface area is 144 Å². The molecule has 0 fully saturated rings. The molecule has 0 unspecified atom stereocenters. The molecular formula is C19H18FN3S. The van der Waals surface area contributed by atoms with E-state index in [9.17, 15) is 4.39 Å². The molecule has 0 amide bonds. The molecule has 0 saturated carbocycles. The van der Waals surface area contributed by atoms with Gasteiger partial charge < -0.3 is 0 Å². The Kier molecular flexibility index (Phi) is 4.71. The van der Waals surface area contributed by atoms with Crippen LogP contribution in [0, 0.1) is 26.6 Å². The van der Waals surface area contributed by atoms with E-state index in [1.54, 1.807) is 18.2 Å². The van der Waals surface area contributed by atoms with Gasteiger partial charge >= 0.3 is 0 Å². The number of thiazole rings is 1. The lowest BCUT2D eigenvalue weighted by molar-refractivity contribution is 0.626. The molecule has 0 bridgehead atoms. The highest BCUT2D eigenvalue weighted by Crippen LogP contribution is 2.31. The molecule has 0 aliphatic carbocycles. The Hall–Kier alpha value is -2.53. The second kappa shape index (κ2) is 6.93. The molecule has 3 rings (SSSR count). The first-order chi connectivity index (χ1) is 11.5. The number of halogens is 1. The van der Waals surface area contributed by atoms with Gasteiger partial charge in [-0.3, -0.25) is 5.43 Å². The molecule has 24 heavy (non-hydrogen) atoms. The minimum atomic E-state index is -0.297. The topological polar surface area (TPSA) is 37.3 Å². The molecule has 1 heterocycles. The fraction of sp³-hybridized carbons (Fsp3) is 0.158. The highest BCUT2D eigenvalue weighted by Gasteiger charge is 2.10. The number of nitrogens with one attached hydrogen (secondary N) is 1. The average Bonchev–Trinajstić information content (AvgIpc) is 2.96. The summed E-state index contributed by atoms with van der Waals surface area (Å²) in [6.07, 6.45) is 1.46. The van der Waals surface area contributed by atoms with E-state index in [0.717, 1.165) is 11.3 Å². The first-order valence-electron chi connectivity index (χ1n) is 7.62. The van der Waals surface area contributed by atoms with Gasteiger partial charge in [0.1, 0.15) is 5.82 Å². The van der Waals surface area contributed by atoms with Gasteiger partial charge in [0, 0.05) is 16.5 Å². The minimum Gasteiger partial charge on any atom is -0.253 e. The van der Waals surface area contributed by atoms with Crippen LogP contribution in [0.5, 0.6) is 0 Å². The number of hydrogen-bond donors (Lipinski definition) is 1. The Morgan fingerprint density at radius 2 is 1.83 bits per heavy atom. The van der Waals surface area contributed by atoms with Gasteiger partial charge in [0.2, 0.25) is 5.13 Å². The summed E-state index contributed by atoms with van der Waals surface area (Å²) in [6.45, 7) is 6.28. The van der Waals surface area contributed by atoms with Gasteiger partial charge in [-0.2, -0.15) is 5.10 Å². The van der Waals surface area contributed by atoms with E-state index < -0.39 is 0 Å². The van der Waals surface area contributed by atoms with E-state index in [1.165, 1.54) is 40.3 Å². The maximum Gasteiger partial charge on any atom is 0.203 e. The van der Waals surface area contributed by atoms with E-state index >= 15 is 0 Å². The first-order valence-corrected chi connectivity index (χ1v) is 8.50. The molecule has 0 aliphatic heterocycles. The number of hydrogen-bond acceptors (Lipinski definition) is 4. The third kappa shape index (κ3) is 3.51. The summed E-state index contributed by atoms with van der Waals surface area (Å²) in [5.41, 5.74) is 9.06. The van der Waals surface area contributed by atoms with Gasteiger partial charge in [-0.15, -0.1) is 11.3 Å². The summed E-state index contributed by atoms with van der Waals surface area (Å²) in [4.78, 5) is 4.59. The van der Waals surface area contributed by atoms with Crippen molar-refractivity contribution >= 4 is 22.7 Å². The third-order valence-electron chi connectivity index (χ3n) is 3.71. The standard InChI is InChI=1S/C19H18FN3S/c1-12-8-13(2)18(14(3)9-12)17-11-24-19(22-17)23-21-10-15-6-4-5-7-16(15)20/h4-11H,1-3H3,(H,22,23)/b21-10-. The molecule has 1 aromatic heterocycles. The molecule has 3 nitrogen and oxygen atoms in total. The molecule has 0 radical (unpaired) electrons. The second-order valence-corrected chi connectivity index (χ2v) is 6.56. The van der Waals surface area contributed by atoms with E-state index in [1.807, 2.05) is 5.38 Å². The largest absolute Gasteiger partial charge is 0.253 e. The zero-order chi connectivity index (χ0) is 17.1. The van der Waals surface area contributed by atoms with Gasteiger partial charge in [0.05, 0.1) is 11.9 Å². The molecule has 0 spiro atoms. The molecule has 1 N–H and O–H groups in total. The average molecular weight is 339 g/mol. The van der Waals surface area contributed by atoms with Crippen LogP contribution in [0.4, 0.5) is 9.52 Å². The summed E-state index contributed by atoms with van der Waals surface area (Å²) < 4.78 is 13.5. The second-order valence-electron chi connectivity index (χ2n) is 5.70. The van der Waals surface area contributed by atoms with Gasteiger partial charge in [-0.1, -0.05) is 35.9 Å². The van der Waals surface area contributed by atoms with Crippen LogP contribution in [0.2, 0.25) is 0 Å². The smallest absolute Gasteiger partial charge is 0.203 e. The summed E-state index contributed by atoms with van der Waals surface area (Å²) in [6, 6.07) is 10.8. The zero-order valence-corrected chi connectivity index (χ0v) is 14.6. The molecule has 0 saturated heterocycles. The minimum absolute atomic E-state index is 0.297. The van der Waals surface area contributed by atoms with Crippen molar-refractivity contribution in [3.63, 3.8) is 0 Å². The Morgan fingerprint density at radius 3 is 2.54 bits per heavy atom. The predicted octanol–water partition coefficient (Wildman–Crippen LogP) is 5.32. The number of nitrogens with zero attached hydrogens (tertiary/aromatic N) is 2. The van der Waals surface area contributed by atoms with E-state index in [4.69, 9.17) is 0 Å². The van der Waals surface area contributed by atoms with E-state index in [-0.39, 0.29) is 5.82 Å². The SMILES string of the molecule is Cc1cc(C)c(-c2csc(N/N=C\c3ccccc3F)n2)c(C)c1. The number of aromatic nitrogens is 1. The predicted molar refractivity (Wildman–Crippen MR) is 99.4 cm³/mol. The molecule has 2 aromatic carbocycles. The van der Waals surface area contributed by atoms with Crippen LogP contribution in [-0.2, 0) is 0 Å². The van der Waals surface area contributed by atoms with Crippen molar-refractivity contribution in [2.45, 2.75) is 20.8 Å². The maximum absolute atomic E-state index is 13.5. The van der Waals surface area contributed by atoms with Crippen LogP contribution < -0.4 is 5.43 Å². The van der Waals surface area contributed by atoms with Crippen molar-refractivity contribution in [3.05, 3.63) is 69.8 Å². The first kappa shape index (κ1) is 16.3. The molecule has 5 heteroatoms. The number of hydrazone groups is 1. The van der Waals surface area contributed by atoms with Crippen molar-refractivity contribution in [1.82, 2.24) is 4.98 Å². The lowest BCUT2D eigenvalue weighted by Crippen LogP contribution is -1.93. The van der Waals surface area contributed by atoms with Gasteiger partial charge in [-0.25, -0.2) is 9.37 Å². The van der Waals surface area contributed by atoms with Crippen LogP contribution >= 0.6 is 11.3 Å². The maximum atomic E-state index is 13.5. The quantitative estimate of drug-likeness (QED) is 0.516. The molecule has 0 aliphatic rings. The van der Waals surface area contributed by atoms with E-state index in [2.05, 4.69) is 48.4 Å². The number of benzene rings is 2. The molecular weight excluding hydrogens is 321 g/mol. The van der Waals surface area contributed by atoms with E-state index in [0.29, 0.717) is 10.7 Å². The third-order valence-corrected chi connectivity index (χ3v) is 4.45. The monoisotopic (exact) mass is 339 g/mol. The highest BCUT2D eigenvalue weighted by molar-refractivity contribution is 7.14. The van der Waals surface area contributed by atoms with Crippen molar-refractivity contribution in [1.29, 1.82) is 0 Å². The van der Waals surface area contributed by atoms with Gasteiger partial charge in [0.15, 0.2) is 0 Å². The summed E-state index contributed by atoms with van der Waals surface area (Å²) in [5.74, 6) is -0.297. The Bertz CT molecular complexity index is 876. The molecule has 0 atom stereocenters. The van der Waals surface area contributed by atoms with Crippen LogP contribution in [0.15, 0.2) is 46.9 Å². The number of rotatable bonds is 4. The summed E-state index contributed by atoms with van der Waals surface area (Å²) >= 11 is 1.48. The van der Waals surface area contributed by atoms with Crippen LogP contribution in [-0.4, -0.2) is 11.2 Å². The number of anilines is 1. The number of aryl methyl sites for hydroxylation is 3. The Morgan fingerprint density at radius 1 is 1.12 bits per heavy atom. The van der Waals surface area contributed by atoms with Crippen molar-refractivity contribution in [3.8, 4) is 11.3 Å². The van der Waals surface area contributed by atoms with Crippen molar-refractivity contribution < 1.29 is 4.39 Å². The lowest BCUT2D eigenvalue weighted by Gasteiger charge is -2.08. The van der Waals surface area contributed by atoms with Gasteiger partial charge in [-0.05, 0) is 38.0 Å². The fourth-order valence-corrected chi connectivity index (χ4v) is 3.41. The van der Waals surface area contributed by atoms with Crippen molar-refractivity contribution in [2.24, 2.45) is 5.10 Å². The normalized spacial score (nSPS) is 11.2. The molecule has 122 valence electrons. The van der Waals surface area contributed by atoms with Crippen LogP contribution in [0.3, 0.4) is 0 Å². The van der Waals surface area contributed by atoms with Crippen molar-refractivity contribution in [2.75, 3.05) is 5.43 Å². The zero-order valence-electron chi connectivity index (χ0n) is 13.8. The highest BCUT2D eigenvalue weighted by atomic mass is 32.1. The lowest BCUT2D eigenvalue weighted by atomic mass is 9.98. The summed E-state index contributed by atoms with van der Waals surface area (Å²) in [7, 11) is 0. The fourth-order valence-electron chi connectivity index (χ4n) is 2.76. The summed E-state index contributed by atoms with van der Waals surface area (Å²) in [5, 5.41) is 6.75. The Balaban J connectivity index is 1.78.